The van der Waals surface area contributed by atoms with Gasteiger partial charge in [0.2, 0.25) is 5.88 Å². The van der Waals surface area contributed by atoms with Crippen LogP contribution in [0.1, 0.15) is 59.5 Å². The lowest BCUT2D eigenvalue weighted by molar-refractivity contribution is 0.101. The van der Waals surface area contributed by atoms with Crippen molar-refractivity contribution in [1.82, 2.24) is 4.98 Å². The van der Waals surface area contributed by atoms with Gasteiger partial charge in [-0.25, -0.2) is 4.98 Å². The van der Waals surface area contributed by atoms with Gasteiger partial charge in [-0.3, -0.25) is 4.79 Å². The zero-order valence-electron chi connectivity index (χ0n) is 9.62. The Morgan fingerprint density at radius 3 is 2.69 bits per heavy atom. The topological polar surface area (TPSA) is 39.2 Å². The molecular weight excluding hydrogens is 202 g/mol. The molecule has 3 nitrogen and oxygen atoms in total. The van der Waals surface area contributed by atoms with Gasteiger partial charge in [0.15, 0.2) is 5.78 Å². The first-order chi connectivity index (χ1) is 7.72. The molecule has 1 aromatic rings. The third-order valence-electron chi connectivity index (χ3n) is 3.94. The van der Waals surface area contributed by atoms with Crippen LogP contribution < -0.4 is 4.74 Å². The third-order valence-corrected chi connectivity index (χ3v) is 3.94. The van der Waals surface area contributed by atoms with Gasteiger partial charge in [0, 0.05) is 17.3 Å². The second-order valence-corrected chi connectivity index (χ2v) is 4.77. The smallest absolute Gasteiger partial charge is 0.216 e. The number of fused-ring (bicyclic) bond motifs is 5. The Kier molecular flexibility index (Phi) is 2.03. The molecule has 1 saturated carbocycles. The molecule has 2 aliphatic rings. The van der Waals surface area contributed by atoms with Gasteiger partial charge in [-0.1, -0.05) is 0 Å². The average Bonchev–Trinajstić information content (AvgIpc) is 2.88. The number of hydrogen-bond donors (Lipinski definition) is 0. The molecule has 1 heterocycles. The first-order valence-electron chi connectivity index (χ1n) is 5.80. The van der Waals surface area contributed by atoms with Crippen molar-refractivity contribution < 1.29 is 9.53 Å². The normalized spacial score (nSPS) is 25.6. The predicted octanol–water partition coefficient (Wildman–Crippen LogP) is 2.66. The summed E-state index contributed by atoms with van der Waals surface area (Å²) < 4.78 is 5.32. The molecule has 84 valence electrons. The molecule has 0 aromatic carbocycles. The predicted molar refractivity (Wildman–Crippen MR) is 60.1 cm³/mol. The van der Waals surface area contributed by atoms with Crippen molar-refractivity contribution in [2.24, 2.45) is 0 Å². The molecule has 0 aliphatic heterocycles. The van der Waals surface area contributed by atoms with Crippen molar-refractivity contribution in [3.63, 3.8) is 0 Å². The van der Waals surface area contributed by atoms with Gasteiger partial charge in [-0.05, 0) is 43.6 Å². The van der Waals surface area contributed by atoms with Crippen LogP contribution >= 0.6 is 0 Å². The molecule has 0 saturated heterocycles. The first-order valence-corrected chi connectivity index (χ1v) is 5.80. The van der Waals surface area contributed by atoms with Gasteiger partial charge < -0.3 is 4.74 Å². The Bertz CT molecular complexity index is 467. The fraction of sp³-hybridized carbons (Fsp3) is 0.538. The lowest BCUT2D eigenvalue weighted by Gasteiger charge is -2.19. The van der Waals surface area contributed by atoms with Crippen LogP contribution in [0.5, 0.6) is 5.88 Å². The zero-order valence-corrected chi connectivity index (χ0v) is 9.62. The Morgan fingerprint density at radius 2 is 2.06 bits per heavy atom. The number of ketones is 1. The van der Waals surface area contributed by atoms with Crippen molar-refractivity contribution >= 4 is 5.78 Å². The van der Waals surface area contributed by atoms with E-state index in [0.717, 1.165) is 11.4 Å². The summed E-state index contributed by atoms with van der Waals surface area (Å²) in [6.07, 6.45) is 5.29. The largest absolute Gasteiger partial charge is 0.481 e. The number of rotatable bonds is 2. The maximum atomic E-state index is 11.6. The van der Waals surface area contributed by atoms with Crippen molar-refractivity contribution in [2.75, 3.05) is 7.11 Å². The molecule has 0 radical (unpaired) electrons. The highest BCUT2D eigenvalue weighted by Crippen LogP contribution is 2.56. The van der Waals surface area contributed by atoms with E-state index in [-0.39, 0.29) is 5.78 Å². The summed E-state index contributed by atoms with van der Waals surface area (Å²) in [7, 11) is 1.65. The quantitative estimate of drug-likeness (QED) is 0.715. The number of hydrogen-bond acceptors (Lipinski definition) is 3. The fourth-order valence-electron chi connectivity index (χ4n) is 3.31. The van der Waals surface area contributed by atoms with E-state index < -0.39 is 0 Å². The minimum atomic E-state index is 0.124. The summed E-state index contributed by atoms with van der Waals surface area (Å²) in [5.74, 6) is 1.99. The zero-order chi connectivity index (χ0) is 11.3. The molecule has 0 spiro atoms. The SMILES string of the molecule is COc1ncc(C(C)=O)c2c1C1CCC2C1. The first kappa shape index (κ1) is 9.82. The van der Waals surface area contributed by atoms with Crippen molar-refractivity contribution in [1.29, 1.82) is 0 Å². The van der Waals surface area contributed by atoms with Gasteiger partial charge in [0.25, 0.3) is 0 Å². The number of Topliss-reactive ketones (excluding diaryl/α,β-unsaturated/α-hetero) is 1. The molecule has 16 heavy (non-hydrogen) atoms. The van der Waals surface area contributed by atoms with E-state index >= 15 is 0 Å². The highest BCUT2D eigenvalue weighted by atomic mass is 16.5. The Morgan fingerprint density at radius 1 is 1.38 bits per heavy atom. The molecule has 2 aliphatic carbocycles. The molecule has 2 bridgehead atoms. The molecule has 0 N–H and O–H groups in total. The molecule has 3 heteroatoms. The Labute approximate surface area is 94.8 Å². The second-order valence-electron chi connectivity index (χ2n) is 4.77. The van der Waals surface area contributed by atoms with E-state index in [0.29, 0.717) is 11.8 Å². The van der Waals surface area contributed by atoms with E-state index in [1.165, 1.54) is 30.4 Å². The number of methoxy groups -OCH3 is 1. The van der Waals surface area contributed by atoms with E-state index in [1.807, 2.05) is 0 Å². The number of aromatic nitrogens is 1. The summed E-state index contributed by atoms with van der Waals surface area (Å²) in [6, 6.07) is 0. The lowest BCUT2D eigenvalue weighted by atomic mass is 9.88. The number of ether oxygens (including phenoxy) is 1. The second kappa shape index (κ2) is 3.30. The highest BCUT2D eigenvalue weighted by molar-refractivity contribution is 5.96. The Balaban J connectivity index is 2.25. The number of pyridine rings is 1. The van der Waals surface area contributed by atoms with Crippen LogP contribution in [-0.4, -0.2) is 17.9 Å². The number of carbonyl (C=O) groups is 1. The van der Waals surface area contributed by atoms with Crippen LogP contribution in [0.4, 0.5) is 0 Å². The van der Waals surface area contributed by atoms with Gasteiger partial charge in [0.05, 0.1) is 7.11 Å². The van der Waals surface area contributed by atoms with Crippen LogP contribution in [0.3, 0.4) is 0 Å². The van der Waals surface area contributed by atoms with Gasteiger partial charge in [-0.15, -0.1) is 0 Å². The van der Waals surface area contributed by atoms with Crippen LogP contribution in [0.15, 0.2) is 6.20 Å². The van der Waals surface area contributed by atoms with Gasteiger partial charge in [0.1, 0.15) is 0 Å². The fourth-order valence-corrected chi connectivity index (χ4v) is 3.31. The summed E-state index contributed by atoms with van der Waals surface area (Å²) in [4.78, 5) is 15.9. The number of carbonyl (C=O) groups excluding carboxylic acids is 1. The minimum absolute atomic E-state index is 0.124. The highest BCUT2D eigenvalue weighted by Gasteiger charge is 2.41. The van der Waals surface area contributed by atoms with Gasteiger partial charge in [-0.2, -0.15) is 0 Å². The van der Waals surface area contributed by atoms with Crippen LogP contribution in [0, 0.1) is 0 Å². The molecule has 2 unspecified atom stereocenters. The molecular formula is C13H15NO2. The summed E-state index contributed by atoms with van der Waals surface area (Å²) >= 11 is 0. The minimum Gasteiger partial charge on any atom is -0.481 e. The lowest BCUT2D eigenvalue weighted by Crippen LogP contribution is -2.09. The molecule has 0 amide bonds. The molecule has 2 atom stereocenters. The maximum Gasteiger partial charge on any atom is 0.216 e. The summed E-state index contributed by atoms with van der Waals surface area (Å²) in [5, 5.41) is 0. The van der Waals surface area contributed by atoms with Crippen molar-refractivity contribution in [3.05, 3.63) is 22.9 Å². The van der Waals surface area contributed by atoms with E-state index in [2.05, 4.69) is 4.98 Å². The third kappa shape index (κ3) is 1.14. The van der Waals surface area contributed by atoms with E-state index in [4.69, 9.17) is 4.74 Å². The Hall–Kier alpha value is -1.38. The van der Waals surface area contributed by atoms with Crippen molar-refractivity contribution in [2.45, 2.75) is 38.0 Å². The van der Waals surface area contributed by atoms with Crippen LogP contribution in [0.25, 0.3) is 0 Å². The monoisotopic (exact) mass is 217 g/mol. The van der Waals surface area contributed by atoms with Gasteiger partial charge >= 0.3 is 0 Å². The molecule has 1 fully saturated rings. The van der Waals surface area contributed by atoms with Crippen molar-refractivity contribution in [3.8, 4) is 5.88 Å². The summed E-state index contributed by atoms with van der Waals surface area (Å²) in [6.45, 7) is 1.62. The standard InChI is InChI=1S/C13H15NO2/c1-7(15)10-6-14-13(16-2)12-9-4-3-8(5-9)11(10)12/h6,8-9H,3-5H2,1-2H3. The van der Waals surface area contributed by atoms with E-state index in [9.17, 15) is 4.79 Å². The molecule has 1 aromatic heterocycles. The van der Waals surface area contributed by atoms with Crippen LogP contribution in [0.2, 0.25) is 0 Å². The molecule has 3 rings (SSSR count). The van der Waals surface area contributed by atoms with E-state index in [1.54, 1.807) is 20.2 Å². The maximum absolute atomic E-state index is 11.6. The number of nitrogens with zero attached hydrogens (tertiary/aromatic N) is 1. The van der Waals surface area contributed by atoms with Crippen LogP contribution in [-0.2, 0) is 0 Å². The average molecular weight is 217 g/mol. The summed E-state index contributed by atoms with van der Waals surface area (Å²) in [5.41, 5.74) is 3.25.